The fraction of sp³-hybridized carbons (Fsp3) is 0.929. The summed E-state index contributed by atoms with van der Waals surface area (Å²) in [4.78, 5) is 0. The Morgan fingerprint density at radius 2 is 2.24 bits per heavy atom. The van der Waals surface area contributed by atoms with Gasteiger partial charge in [-0.05, 0) is 45.6 Å². The van der Waals surface area contributed by atoms with E-state index in [0.29, 0.717) is 12.5 Å². The molecule has 2 N–H and O–H groups in total. The highest BCUT2D eigenvalue weighted by Crippen LogP contribution is 2.31. The molecule has 0 spiro atoms. The largest absolute Gasteiger partial charge is 0.389 e. The van der Waals surface area contributed by atoms with E-state index in [4.69, 9.17) is 5.26 Å². The van der Waals surface area contributed by atoms with E-state index in [9.17, 15) is 5.11 Å². The van der Waals surface area contributed by atoms with Crippen LogP contribution in [0, 0.1) is 22.7 Å². The molecule has 0 aromatic carbocycles. The highest BCUT2D eigenvalue weighted by molar-refractivity contribution is 4.92. The smallest absolute Gasteiger partial charge is 0.0774 e. The van der Waals surface area contributed by atoms with Gasteiger partial charge in [-0.25, -0.2) is 0 Å². The van der Waals surface area contributed by atoms with Crippen LogP contribution in [0.2, 0.25) is 0 Å². The predicted molar refractivity (Wildman–Crippen MR) is 69.5 cm³/mol. The Kier molecular flexibility index (Phi) is 4.97. The molecule has 3 nitrogen and oxygen atoms in total. The molecule has 0 aromatic heterocycles. The molecule has 0 bridgehead atoms. The summed E-state index contributed by atoms with van der Waals surface area (Å²) in [6, 6.07) is 2.29. The fourth-order valence-electron chi connectivity index (χ4n) is 2.57. The van der Waals surface area contributed by atoms with Crippen LogP contribution >= 0.6 is 0 Å². The van der Waals surface area contributed by atoms with Crippen molar-refractivity contribution in [3.63, 3.8) is 0 Å². The topological polar surface area (TPSA) is 56.0 Å². The van der Waals surface area contributed by atoms with Gasteiger partial charge in [0.1, 0.15) is 0 Å². The van der Waals surface area contributed by atoms with Crippen molar-refractivity contribution in [1.82, 2.24) is 5.32 Å². The van der Waals surface area contributed by atoms with Crippen molar-refractivity contribution in [1.29, 1.82) is 5.26 Å². The van der Waals surface area contributed by atoms with Gasteiger partial charge >= 0.3 is 0 Å². The molecule has 0 amide bonds. The first kappa shape index (κ1) is 14.5. The average molecular weight is 238 g/mol. The van der Waals surface area contributed by atoms with Crippen molar-refractivity contribution in [2.24, 2.45) is 11.3 Å². The number of aliphatic hydroxyl groups is 1. The molecule has 1 aliphatic rings. The van der Waals surface area contributed by atoms with Crippen LogP contribution in [0.15, 0.2) is 0 Å². The maximum absolute atomic E-state index is 10.4. The Bertz CT molecular complexity index is 282. The average Bonchev–Trinajstić information content (AvgIpc) is 2.24. The molecular formula is C14H26N2O. The molecule has 2 atom stereocenters. The lowest BCUT2D eigenvalue weighted by Crippen LogP contribution is -2.44. The minimum Gasteiger partial charge on any atom is -0.389 e. The van der Waals surface area contributed by atoms with E-state index in [1.54, 1.807) is 0 Å². The predicted octanol–water partition coefficient (Wildman–Crippen LogP) is 2.46. The van der Waals surface area contributed by atoms with Crippen molar-refractivity contribution in [3.8, 4) is 6.07 Å². The maximum atomic E-state index is 10.4. The number of nitrogens with zero attached hydrogens (tertiary/aromatic N) is 1. The molecule has 1 rings (SSSR count). The third kappa shape index (κ3) is 5.06. The lowest BCUT2D eigenvalue weighted by molar-refractivity contribution is -0.0118. The molecular weight excluding hydrogens is 212 g/mol. The van der Waals surface area contributed by atoms with Crippen molar-refractivity contribution in [3.05, 3.63) is 0 Å². The zero-order valence-corrected chi connectivity index (χ0v) is 11.4. The Labute approximate surface area is 105 Å². The Hall–Kier alpha value is -0.590. The van der Waals surface area contributed by atoms with Gasteiger partial charge in [0.05, 0.1) is 17.1 Å². The molecule has 1 fully saturated rings. The van der Waals surface area contributed by atoms with Crippen LogP contribution < -0.4 is 5.32 Å². The molecule has 0 aliphatic heterocycles. The van der Waals surface area contributed by atoms with Crippen molar-refractivity contribution >= 4 is 0 Å². The third-order valence-electron chi connectivity index (χ3n) is 3.75. The summed E-state index contributed by atoms with van der Waals surface area (Å²) in [5.41, 5.74) is -0.788. The summed E-state index contributed by atoms with van der Waals surface area (Å²) in [6.45, 7) is 7.58. The number of rotatable bonds is 5. The summed E-state index contributed by atoms with van der Waals surface area (Å²) in [5, 5.41) is 22.6. The van der Waals surface area contributed by atoms with Gasteiger partial charge in [-0.2, -0.15) is 5.26 Å². The van der Waals surface area contributed by atoms with E-state index < -0.39 is 5.60 Å². The summed E-state index contributed by atoms with van der Waals surface area (Å²) in [6.07, 6.45) is 5.01. The second kappa shape index (κ2) is 5.84. The van der Waals surface area contributed by atoms with Crippen LogP contribution in [-0.4, -0.2) is 23.8 Å². The second-order valence-corrected chi connectivity index (χ2v) is 6.35. The van der Waals surface area contributed by atoms with E-state index in [1.807, 2.05) is 13.8 Å². The molecule has 0 aromatic rings. The summed E-state index contributed by atoms with van der Waals surface area (Å²) < 4.78 is 0. The highest BCUT2D eigenvalue weighted by atomic mass is 16.3. The van der Waals surface area contributed by atoms with E-state index in [1.165, 1.54) is 6.42 Å². The molecule has 2 unspecified atom stereocenters. The van der Waals surface area contributed by atoms with E-state index in [2.05, 4.69) is 18.3 Å². The molecule has 98 valence electrons. The normalized spacial score (nSPS) is 29.9. The molecule has 1 saturated carbocycles. The van der Waals surface area contributed by atoms with Crippen LogP contribution in [-0.2, 0) is 0 Å². The zero-order valence-electron chi connectivity index (χ0n) is 11.4. The Balaban J connectivity index is 2.24. The number of nitrogens with one attached hydrogen (secondary N) is 1. The molecule has 3 heteroatoms. The quantitative estimate of drug-likeness (QED) is 0.723. The van der Waals surface area contributed by atoms with Gasteiger partial charge < -0.3 is 10.4 Å². The Morgan fingerprint density at radius 3 is 2.82 bits per heavy atom. The van der Waals surface area contributed by atoms with Crippen molar-refractivity contribution in [2.75, 3.05) is 13.1 Å². The minimum atomic E-state index is -0.519. The first-order chi connectivity index (χ1) is 7.87. The van der Waals surface area contributed by atoms with Crippen LogP contribution in [0.1, 0.15) is 52.9 Å². The minimum absolute atomic E-state index is 0.268. The SMILES string of the molecule is CC1CCCC(O)(CNCCC(C)(C)C#N)C1. The molecule has 1 aliphatic carbocycles. The van der Waals surface area contributed by atoms with E-state index in [-0.39, 0.29) is 5.41 Å². The monoisotopic (exact) mass is 238 g/mol. The summed E-state index contributed by atoms with van der Waals surface area (Å²) in [5.74, 6) is 0.631. The van der Waals surface area contributed by atoms with Gasteiger partial charge in [-0.1, -0.05) is 19.8 Å². The first-order valence-corrected chi connectivity index (χ1v) is 6.71. The van der Waals surface area contributed by atoms with Crippen LogP contribution in [0.25, 0.3) is 0 Å². The summed E-state index contributed by atoms with van der Waals surface area (Å²) in [7, 11) is 0. The van der Waals surface area contributed by atoms with Gasteiger partial charge in [0.2, 0.25) is 0 Å². The standard InChI is InChI=1S/C14H26N2O/c1-12-5-4-6-14(17,9-12)11-16-8-7-13(2,3)10-15/h12,16-17H,4-9,11H2,1-3H3. The number of nitriles is 1. The van der Waals surface area contributed by atoms with Crippen LogP contribution in [0.4, 0.5) is 0 Å². The lowest BCUT2D eigenvalue weighted by Gasteiger charge is -2.36. The van der Waals surface area contributed by atoms with Gasteiger partial charge in [0.25, 0.3) is 0 Å². The highest BCUT2D eigenvalue weighted by Gasteiger charge is 2.32. The zero-order chi connectivity index (χ0) is 12.9. The summed E-state index contributed by atoms with van der Waals surface area (Å²) >= 11 is 0. The maximum Gasteiger partial charge on any atom is 0.0774 e. The number of hydrogen-bond donors (Lipinski definition) is 2. The van der Waals surface area contributed by atoms with Gasteiger partial charge in [0, 0.05) is 6.54 Å². The van der Waals surface area contributed by atoms with E-state index in [0.717, 1.165) is 32.2 Å². The molecule has 17 heavy (non-hydrogen) atoms. The van der Waals surface area contributed by atoms with Crippen LogP contribution in [0.5, 0.6) is 0 Å². The Morgan fingerprint density at radius 1 is 1.53 bits per heavy atom. The van der Waals surface area contributed by atoms with Crippen LogP contribution in [0.3, 0.4) is 0 Å². The van der Waals surface area contributed by atoms with Crippen molar-refractivity contribution < 1.29 is 5.11 Å². The van der Waals surface area contributed by atoms with Gasteiger partial charge in [0.15, 0.2) is 0 Å². The molecule has 0 heterocycles. The van der Waals surface area contributed by atoms with Gasteiger partial charge in [-0.3, -0.25) is 0 Å². The fourth-order valence-corrected chi connectivity index (χ4v) is 2.57. The molecule has 0 radical (unpaired) electrons. The number of hydrogen-bond acceptors (Lipinski definition) is 3. The molecule has 0 saturated heterocycles. The van der Waals surface area contributed by atoms with E-state index >= 15 is 0 Å². The van der Waals surface area contributed by atoms with Gasteiger partial charge in [-0.15, -0.1) is 0 Å². The third-order valence-corrected chi connectivity index (χ3v) is 3.75. The lowest BCUT2D eigenvalue weighted by atomic mass is 9.79. The second-order valence-electron chi connectivity index (χ2n) is 6.35. The van der Waals surface area contributed by atoms with Crippen molar-refractivity contribution in [2.45, 2.75) is 58.5 Å². The first-order valence-electron chi connectivity index (χ1n) is 6.71.